The van der Waals surface area contributed by atoms with Gasteiger partial charge in [-0.3, -0.25) is 4.79 Å². The number of carbonyl (C=O) groups is 1. The van der Waals surface area contributed by atoms with Crippen LogP contribution in [0, 0.1) is 11.8 Å². The number of allylic oxidation sites excluding steroid dienone is 4. The lowest BCUT2D eigenvalue weighted by molar-refractivity contribution is -0.151. The van der Waals surface area contributed by atoms with Crippen LogP contribution in [-0.4, -0.2) is 30.6 Å². The van der Waals surface area contributed by atoms with Crippen molar-refractivity contribution in [1.29, 1.82) is 0 Å². The van der Waals surface area contributed by atoms with Gasteiger partial charge in [-0.15, -0.1) is 0 Å². The van der Waals surface area contributed by atoms with Crippen LogP contribution >= 0.6 is 0 Å². The molecule has 0 aromatic heterocycles. The number of carboxylic acids is 1. The van der Waals surface area contributed by atoms with Crippen molar-refractivity contribution in [1.82, 2.24) is 0 Å². The maximum atomic E-state index is 10.7. The zero-order valence-corrected chi connectivity index (χ0v) is 20.5. The van der Waals surface area contributed by atoms with Gasteiger partial charge in [-0.2, -0.15) is 0 Å². The first kappa shape index (κ1) is 28.9. The van der Waals surface area contributed by atoms with Crippen molar-refractivity contribution in [3.05, 3.63) is 23.3 Å². The van der Waals surface area contributed by atoms with Gasteiger partial charge in [0.25, 0.3) is 0 Å². The van der Waals surface area contributed by atoms with E-state index in [1.54, 1.807) is 0 Å². The maximum Gasteiger partial charge on any atom is 0.303 e. The molecule has 30 heavy (non-hydrogen) atoms. The summed E-state index contributed by atoms with van der Waals surface area (Å²) in [6.45, 7) is 14.5. The summed E-state index contributed by atoms with van der Waals surface area (Å²) in [5, 5.41) is 8.82. The quantitative estimate of drug-likeness (QED) is 0.132. The Bertz CT molecular complexity index is 453. The van der Waals surface area contributed by atoms with E-state index in [4.69, 9.17) is 14.6 Å². The number of carboxylic acid groups (broad SMARTS) is 1. The summed E-state index contributed by atoms with van der Waals surface area (Å²) in [5.41, 5.74) is 2.76. The van der Waals surface area contributed by atoms with Gasteiger partial charge in [0.05, 0.1) is 0 Å². The third-order valence-electron chi connectivity index (χ3n) is 5.33. The molecule has 0 heterocycles. The molecule has 1 N–H and O–H groups in total. The molecule has 0 aromatic rings. The molecule has 0 aromatic carbocycles. The molecule has 0 amide bonds. The second-order valence-corrected chi connectivity index (χ2v) is 9.32. The van der Waals surface area contributed by atoms with E-state index in [-0.39, 0.29) is 12.7 Å². The Morgan fingerprint density at radius 2 is 1.23 bits per heavy atom. The van der Waals surface area contributed by atoms with E-state index in [1.165, 1.54) is 24.0 Å². The molecule has 176 valence electrons. The topological polar surface area (TPSA) is 55.8 Å². The second kappa shape index (κ2) is 18.6. The van der Waals surface area contributed by atoms with Crippen molar-refractivity contribution < 1.29 is 19.4 Å². The molecular formula is C26H48O4. The Hall–Kier alpha value is -1.13. The summed E-state index contributed by atoms with van der Waals surface area (Å²) in [6.07, 6.45) is 13.6. The fourth-order valence-corrected chi connectivity index (χ4v) is 3.21. The van der Waals surface area contributed by atoms with Crippen LogP contribution in [0.5, 0.6) is 0 Å². The van der Waals surface area contributed by atoms with Crippen LogP contribution in [-0.2, 0) is 14.3 Å². The Labute approximate surface area is 186 Å². The zero-order chi connectivity index (χ0) is 22.8. The molecule has 2 atom stereocenters. The summed E-state index contributed by atoms with van der Waals surface area (Å²) in [4.78, 5) is 10.7. The Morgan fingerprint density at radius 1 is 0.767 bits per heavy atom. The van der Waals surface area contributed by atoms with Gasteiger partial charge in [-0.25, -0.2) is 0 Å². The Kier molecular flexibility index (Phi) is 17.9. The van der Waals surface area contributed by atoms with Crippen molar-refractivity contribution >= 4 is 5.97 Å². The molecule has 0 radical (unpaired) electrons. The number of ether oxygens (including phenoxy) is 2. The average Bonchev–Trinajstić information content (AvgIpc) is 2.63. The fraction of sp³-hybridized carbons (Fsp3) is 0.808. The first-order valence-electron chi connectivity index (χ1n) is 11.9. The van der Waals surface area contributed by atoms with Crippen molar-refractivity contribution in [3.63, 3.8) is 0 Å². The zero-order valence-electron chi connectivity index (χ0n) is 20.5. The number of aliphatic carboxylic acids is 1. The summed E-state index contributed by atoms with van der Waals surface area (Å²) < 4.78 is 12.1. The van der Waals surface area contributed by atoms with E-state index in [1.807, 2.05) is 0 Å². The SMILES string of the molecule is CC(C)=CCCC(C)CCOC(CCCCC(=O)O)OCCC(C)CCC=C(C)C. The molecular weight excluding hydrogens is 376 g/mol. The molecule has 0 rings (SSSR count). The minimum absolute atomic E-state index is 0.214. The van der Waals surface area contributed by atoms with E-state index in [9.17, 15) is 4.79 Å². The number of rotatable bonds is 19. The lowest BCUT2D eigenvalue weighted by Crippen LogP contribution is -2.20. The molecule has 0 aliphatic rings. The lowest BCUT2D eigenvalue weighted by atomic mass is 10.0. The first-order chi connectivity index (χ1) is 14.2. The van der Waals surface area contributed by atoms with Crippen LogP contribution < -0.4 is 0 Å². The first-order valence-corrected chi connectivity index (χ1v) is 11.9. The molecule has 0 aliphatic heterocycles. The van der Waals surface area contributed by atoms with E-state index < -0.39 is 5.97 Å². The summed E-state index contributed by atoms with van der Waals surface area (Å²) >= 11 is 0. The monoisotopic (exact) mass is 424 g/mol. The molecule has 0 saturated carbocycles. The van der Waals surface area contributed by atoms with Gasteiger partial charge in [0.1, 0.15) is 0 Å². The van der Waals surface area contributed by atoms with E-state index in [0.717, 1.165) is 38.5 Å². The number of hydrogen-bond donors (Lipinski definition) is 1. The Balaban J connectivity index is 4.24. The standard InChI is InChI=1S/C26H48O4/c1-21(2)11-9-13-23(5)17-19-29-26(16-8-7-15-25(27)28)30-20-18-24(6)14-10-12-22(3)4/h11-12,23-24,26H,7-10,13-20H2,1-6H3,(H,27,28). The van der Waals surface area contributed by atoms with Gasteiger partial charge in [0.2, 0.25) is 0 Å². The van der Waals surface area contributed by atoms with E-state index >= 15 is 0 Å². The minimum Gasteiger partial charge on any atom is -0.481 e. The van der Waals surface area contributed by atoms with Crippen molar-refractivity contribution in [3.8, 4) is 0 Å². The summed E-state index contributed by atoms with van der Waals surface area (Å²) in [7, 11) is 0. The minimum atomic E-state index is -0.733. The third-order valence-corrected chi connectivity index (χ3v) is 5.33. The highest BCUT2D eigenvalue weighted by atomic mass is 16.7. The fourth-order valence-electron chi connectivity index (χ4n) is 3.21. The molecule has 4 heteroatoms. The van der Waals surface area contributed by atoms with Crippen LogP contribution in [0.4, 0.5) is 0 Å². The largest absolute Gasteiger partial charge is 0.481 e. The Morgan fingerprint density at radius 3 is 1.63 bits per heavy atom. The maximum absolute atomic E-state index is 10.7. The van der Waals surface area contributed by atoms with Crippen LogP contribution in [0.2, 0.25) is 0 Å². The molecule has 0 spiro atoms. The van der Waals surface area contributed by atoms with Gasteiger partial charge in [-0.05, 0) is 97.3 Å². The van der Waals surface area contributed by atoms with E-state index in [0.29, 0.717) is 31.5 Å². The highest BCUT2D eigenvalue weighted by Gasteiger charge is 2.12. The van der Waals surface area contributed by atoms with Gasteiger partial charge < -0.3 is 14.6 Å². The molecule has 2 unspecified atom stereocenters. The lowest BCUT2D eigenvalue weighted by Gasteiger charge is -2.21. The van der Waals surface area contributed by atoms with E-state index in [2.05, 4.69) is 53.7 Å². The van der Waals surface area contributed by atoms with Crippen molar-refractivity contribution in [2.24, 2.45) is 11.8 Å². The molecule has 0 bridgehead atoms. The van der Waals surface area contributed by atoms with Gasteiger partial charge in [0, 0.05) is 19.6 Å². The molecule has 0 fully saturated rings. The van der Waals surface area contributed by atoms with Gasteiger partial charge in [0.15, 0.2) is 6.29 Å². The van der Waals surface area contributed by atoms with Gasteiger partial charge >= 0.3 is 5.97 Å². The normalized spacial score (nSPS) is 14.1. The van der Waals surface area contributed by atoms with Crippen LogP contribution in [0.15, 0.2) is 23.3 Å². The van der Waals surface area contributed by atoms with Crippen LogP contribution in [0.3, 0.4) is 0 Å². The highest BCUT2D eigenvalue weighted by molar-refractivity contribution is 5.66. The van der Waals surface area contributed by atoms with Crippen molar-refractivity contribution in [2.45, 2.75) is 112 Å². The molecule has 0 saturated heterocycles. The smallest absolute Gasteiger partial charge is 0.303 e. The predicted octanol–water partition coefficient (Wildman–Crippen LogP) is 7.54. The van der Waals surface area contributed by atoms with Crippen molar-refractivity contribution in [2.75, 3.05) is 13.2 Å². The van der Waals surface area contributed by atoms with Crippen LogP contribution in [0.25, 0.3) is 0 Å². The number of hydrogen-bond acceptors (Lipinski definition) is 3. The number of unbranched alkanes of at least 4 members (excludes halogenated alkanes) is 1. The molecule has 0 aliphatic carbocycles. The second-order valence-electron chi connectivity index (χ2n) is 9.32. The highest BCUT2D eigenvalue weighted by Crippen LogP contribution is 2.17. The summed E-state index contributed by atoms with van der Waals surface area (Å²) in [5.74, 6) is 0.524. The summed E-state index contributed by atoms with van der Waals surface area (Å²) in [6, 6.07) is 0. The molecule has 4 nitrogen and oxygen atoms in total. The predicted molar refractivity (Wildman–Crippen MR) is 127 cm³/mol. The van der Waals surface area contributed by atoms with Crippen LogP contribution in [0.1, 0.15) is 106 Å². The van der Waals surface area contributed by atoms with Gasteiger partial charge in [-0.1, -0.05) is 37.1 Å². The third kappa shape index (κ3) is 20.2. The average molecular weight is 425 g/mol.